The van der Waals surface area contributed by atoms with Gasteiger partial charge in [-0.15, -0.1) is 0 Å². The molecule has 2 rings (SSSR count). The number of ether oxygens (including phenoxy) is 3. The molecule has 174 valence electrons. The van der Waals surface area contributed by atoms with Crippen molar-refractivity contribution in [3.8, 4) is 17.2 Å². The highest BCUT2D eigenvalue weighted by Crippen LogP contribution is 2.36. The zero-order chi connectivity index (χ0) is 24.0. The van der Waals surface area contributed by atoms with E-state index in [4.69, 9.17) is 14.2 Å². The molecule has 0 spiro atoms. The second-order valence-corrected chi connectivity index (χ2v) is 8.04. The summed E-state index contributed by atoms with van der Waals surface area (Å²) in [6, 6.07) is 5.71. The van der Waals surface area contributed by atoms with Gasteiger partial charge >= 0.3 is 5.97 Å². The topological polar surface area (TPSA) is 95.0 Å². The number of ketones is 1. The number of halogens is 1. The van der Waals surface area contributed by atoms with E-state index in [9.17, 15) is 19.1 Å². The predicted octanol–water partition coefficient (Wildman–Crippen LogP) is 4.52. The summed E-state index contributed by atoms with van der Waals surface area (Å²) in [5.41, 5.74) is 0.576. The van der Waals surface area contributed by atoms with Gasteiger partial charge in [-0.1, -0.05) is 26.8 Å². The Morgan fingerprint density at radius 2 is 1.72 bits per heavy atom. The SMILES string of the molecule is COc1cc(F)ccc1[C@@H](C(C)C)[C@H](C)OC(=O)[C@H](C)CC(=O)c1nccc(OC)c1O. The number of hydrogen-bond acceptors (Lipinski definition) is 7. The minimum Gasteiger partial charge on any atom is -0.503 e. The summed E-state index contributed by atoms with van der Waals surface area (Å²) in [7, 11) is 2.83. The molecule has 0 saturated carbocycles. The van der Waals surface area contributed by atoms with E-state index in [2.05, 4.69) is 4.98 Å². The Balaban J connectivity index is 2.13. The molecule has 0 saturated heterocycles. The Morgan fingerprint density at radius 3 is 2.31 bits per heavy atom. The van der Waals surface area contributed by atoms with Gasteiger partial charge in [0.2, 0.25) is 0 Å². The van der Waals surface area contributed by atoms with Crippen LogP contribution in [0.4, 0.5) is 4.39 Å². The maximum absolute atomic E-state index is 13.6. The minimum atomic E-state index is -0.764. The van der Waals surface area contributed by atoms with Gasteiger partial charge in [-0.2, -0.15) is 0 Å². The van der Waals surface area contributed by atoms with Crippen LogP contribution in [0.3, 0.4) is 0 Å². The Morgan fingerprint density at radius 1 is 1.06 bits per heavy atom. The standard InChI is InChI=1S/C24H30FNO6/c1-13(2)21(17-8-7-16(25)12-20(17)31-6)15(4)32-24(29)14(3)11-18(27)22-23(28)19(30-5)9-10-26-22/h7-10,12-15,21,28H,11H2,1-6H3/t14-,15+,21+/m1/s1. The molecule has 7 nitrogen and oxygen atoms in total. The van der Waals surface area contributed by atoms with Gasteiger partial charge in [-0.05, 0) is 18.9 Å². The zero-order valence-electron chi connectivity index (χ0n) is 19.2. The number of Topliss-reactive ketones (excluding diaryl/α,β-unsaturated/α-hetero) is 1. The lowest BCUT2D eigenvalue weighted by molar-refractivity contribution is -0.154. The van der Waals surface area contributed by atoms with Gasteiger partial charge in [0, 0.05) is 36.2 Å². The van der Waals surface area contributed by atoms with Crippen LogP contribution in [-0.2, 0) is 9.53 Å². The van der Waals surface area contributed by atoms with Crippen molar-refractivity contribution in [2.24, 2.45) is 11.8 Å². The Kier molecular flexibility index (Phi) is 8.57. The first-order chi connectivity index (χ1) is 15.1. The van der Waals surface area contributed by atoms with Gasteiger partial charge in [0.05, 0.1) is 20.1 Å². The fourth-order valence-electron chi connectivity index (χ4n) is 3.75. The van der Waals surface area contributed by atoms with Crippen LogP contribution in [0.5, 0.6) is 17.2 Å². The number of carbonyl (C=O) groups is 2. The molecule has 0 bridgehead atoms. The van der Waals surface area contributed by atoms with E-state index in [0.29, 0.717) is 5.75 Å². The van der Waals surface area contributed by atoms with Gasteiger partial charge in [0.1, 0.15) is 17.7 Å². The third kappa shape index (κ3) is 5.75. The second-order valence-electron chi connectivity index (χ2n) is 8.04. The molecule has 1 heterocycles. The van der Waals surface area contributed by atoms with Crippen LogP contribution < -0.4 is 9.47 Å². The summed E-state index contributed by atoms with van der Waals surface area (Å²) >= 11 is 0. The van der Waals surface area contributed by atoms with Crippen molar-refractivity contribution in [2.75, 3.05) is 14.2 Å². The van der Waals surface area contributed by atoms with Crippen LogP contribution >= 0.6 is 0 Å². The molecule has 1 N–H and O–H groups in total. The van der Waals surface area contributed by atoms with Gasteiger partial charge in [0.25, 0.3) is 0 Å². The van der Waals surface area contributed by atoms with Gasteiger partial charge in [-0.3, -0.25) is 9.59 Å². The highest BCUT2D eigenvalue weighted by molar-refractivity contribution is 5.99. The number of rotatable bonds is 10. The molecule has 2 aromatic rings. The first-order valence-corrected chi connectivity index (χ1v) is 10.4. The highest BCUT2D eigenvalue weighted by Gasteiger charge is 2.31. The van der Waals surface area contributed by atoms with E-state index < -0.39 is 29.6 Å². The summed E-state index contributed by atoms with van der Waals surface area (Å²) in [4.78, 5) is 29.2. The number of hydrogen-bond donors (Lipinski definition) is 1. The third-order valence-electron chi connectivity index (χ3n) is 5.35. The number of pyridine rings is 1. The van der Waals surface area contributed by atoms with Crippen LogP contribution in [0.2, 0.25) is 0 Å². The Labute approximate surface area is 187 Å². The third-order valence-corrected chi connectivity index (χ3v) is 5.35. The summed E-state index contributed by atoms with van der Waals surface area (Å²) in [5.74, 6) is -2.28. The summed E-state index contributed by atoms with van der Waals surface area (Å²) in [6.07, 6.45) is 0.605. The summed E-state index contributed by atoms with van der Waals surface area (Å²) < 4.78 is 29.6. The van der Waals surface area contributed by atoms with Crippen LogP contribution in [-0.4, -0.2) is 42.2 Å². The van der Waals surface area contributed by atoms with E-state index >= 15 is 0 Å². The predicted molar refractivity (Wildman–Crippen MR) is 117 cm³/mol. The molecule has 32 heavy (non-hydrogen) atoms. The monoisotopic (exact) mass is 447 g/mol. The molecule has 3 atom stereocenters. The molecule has 0 fully saturated rings. The average molecular weight is 448 g/mol. The van der Waals surface area contributed by atoms with E-state index in [1.807, 2.05) is 13.8 Å². The lowest BCUT2D eigenvalue weighted by atomic mass is 9.83. The van der Waals surface area contributed by atoms with Crippen molar-refractivity contribution in [1.29, 1.82) is 0 Å². The number of aromatic nitrogens is 1. The van der Waals surface area contributed by atoms with Gasteiger partial charge < -0.3 is 19.3 Å². The van der Waals surface area contributed by atoms with E-state index in [1.165, 1.54) is 38.6 Å². The van der Waals surface area contributed by atoms with Crippen LogP contribution in [0.15, 0.2) is 30.5 Å². The first kappa shape index (κ1) is 25.1. The molecule has 1 aromatic heterocycles. The minimum absolute atomic E-state index is 0.0621. The molecular formula is C24H30FNO6. The number of methoxy groups -OCH3 is 2. The van der Waals surface area contributed by atoms with Gasteiger partial charge in [-0.25, -0.2) is 9.37 Å². The molecule has 0 unspecified atom stereocenters. The maximum Gasteiger partial charge on any atom is 0.309 e. The van der Waals surface area contributed by atoms with Crippen molar-refractivity contribution in [3.63, 3.8) is 0 Å². The smallest absolute Gasteiger partial charge is 0.309 e. The van der Waals surface area contributed by atoms with Crippen LogP contribution in [0.25, 0.3) is 0 Å². The zero-order valence-corrected chi connectivity index (χ0v) is 19.2. The Bertz CT molecular complexity index is 962. The van der Waals surface area contributed by atoms with E-state index in [1.54, 1.807) is 19.9 Å². The lowest BCUT2D eigenvalue weighted by Gasteiger charge is -2.29. The summed E-state index contributed by atoms with van der Waals surface area (Å²) in [5, 5.41) is 10.1. The molecule has 1 aromatic carbocycles. The quantitative estimate of drug-likeness (QED) is 0.422. The fourth-order valence-corrected chi connectivity index (χ4v) is 3.75. The number of nitrogens with zero attached hydrogens (tertiary/aromatic N) is 1. The molecule has 0 aliphatic heterocycles. The molecule has 0 amide bonds. The maximum atomic E-state index is 13.6. The van der Waals surface area contributed by atoms with Crippen molar-refractivity contribution >= 4 is 11.8 Å². The van der Waals surface area contributed by atoms with Gasteiger partial charge in [0.15, 0.2) is 23.0 Å². The largest absolute Gasteiger partial charge is 0.503 e. The first-order valence-electron chi connectivity index (χ1n) is 10.4. The number of esters is 1. The van der Waals surface area contributed by atoms with Crippen LogP contribution in [0.1, 0.15) is 56.1 Å². The fraction of sp³-hybridized carbons (Fsp3) is 0.458. The molecular weight excluding hydrogens is 417 g/mol. The van der Waals surface area contributed by atoms with E-state index in [0.717, 1.165) is 5.56 Å². The number of carbonyl (C=O) groups excluding carboxylic acids is 2. The van der Waals surface area contributed by atoms with Crippen molar-refractivity contribution in [3.05, 3.63) is 47.5 Å². The normalized spacial score (nSPS) is 13.9. The highest BCUT2D eigenvalue weighted by atomic mass is 19.1. The average Bonchev–Trinajstić information content (AvgIpc) is 2.74. The van der Waals surface area contributed by atoms with Crippen molar-refractivity contribution < 1.29 is 33.3 Å². The van der Waals surface area contributed by atoms with Crippen molar-refractivity contribution in [1.82, 2.24) is 4.98 Å². The van der Waals surface area contributed by atoms with Crippen molar-refractivity contribution in [2.45, 2.75) is 46.1 Å². The Hall–Kier alpha value is -3.16. The molecule has 8 heteroatoms. The lowest BCUT2D eigenvalue weighted by Crippen LogP contribution is -2.29. The van der Waals surface area contributed by atoms with Crippen LogP contribution in [0, 0.1) is 17.7 Å². The second kappa shape index (κ2) is 10.9. The number of aromatic hydroxyl groups is 1. The molecule has 0 radical (unpaired) electrons. The summed E-state index contributed by atoms with van der Waals surface area (Å²) in [6.45, 7) is 7.28. The number of benzene rings is 1. The van der Waals surface area contributed by atoms with E-state index in [-0.39, 0.29) is 35.4 Å². The molecule has 0 aliphatic rings. The molecule has 0 aliphatic carbocycles.